The summed E-state index contributed by atoms with van der Waals surface area (Å²) in [4.78, 5) is 33.6. The molecule has 2 aliphatic rings. The fourth-order valence-electron chi connectivity index (χ4n) is 4.40. The van der Waals surface area contributed by atoms with E-state index in [4.69, 9.17) is 9.90 Å². The molecular formula is C21H25FN8O3. The first-order valence-corrected chi connectivity index (χ1v) is 10.6. The van der Waals surface area contributed by atoms with Gasteiger partial charge < -0.3 is 20.6 Å². The van der Waals surface area contributed by atoms with Gasteiger partial charge in [0.15, 0.2) is 11.5 Å². The van der Waals surface area contributed by atoms with Crippen LogP contribution in [0.5, 0.6) is 0 Å². The van der Waals surface area contributed by atoms with Crippen LogP contribution in [0.4, 0.5) is 26.4 Å². The van der Waals surface area contributed by atoms with Crippen molar-refractivity contribution in [1.29, 1.82) is 0 Å². The zero-order valence-electron chi connectivity index (χ0n) is 18.3. The summed E-state index contributed by atoms with van der Waals surface area (Å²) >= 11 is 0. The summed E-state index contributed by atoms with van der Waals surface area (Å²) in [5, 5.41) is 17.1. The van der Waals surface area contributed by atoms with Crippen LogP contribution in [0.1, 0.15) is 19.4 Å². The van der Waals surface area contributed by atoms with Crippen LogP contribution in [0.2, 0.25) is 0 Å². The van der Waals surface area contributed by atoms with E-state index in [1.165, 1.54) is 23.1 Å². The lowest BCUT2D eigenvalue weighted by Crippen LogP contribution is -2.54. The highest BCUT2D eigenvalue weighted by atomic mass is 19.1. The van der Waals surface area contributed by atoms with Crippen molar-refractivity contribution in [2.75, 3.05) is 34.8 Å². The monoisotopic (exact) mass is 456 g/mol. The van der Waals surface area contributed by atoms with Gasteiger partial charge in [0.05, 0.1) is 11.9 Å². The number of nitrogens with one attached hydrogen (secondary N) is 2. The van der Waals surface area contributed by atoms with Crippen molar-refractivity contribution in [2.24, 2.45) is 0 Å². The quantitative estimate of drug-likeness (QED) is 0.498. The number of halogens is 1. The number of rotatable bonds is 2. The third-order valence-electron chi connectivity index (χ3n) is 5.60. The molecule has 5 rings (SSSR count). The molecule has 33 heavy (non-hydrogen) atoms. The third-order valence-corrected chi connectivity index (χ3v) is 5.60. The van der Waals surface area contributed by atoms with Crippen molar-refractivity contribution in [3.8, 4) is 0 Å². The van der Waals surface area contributed by atoms with Gasteiger partial charge in [-0.05, 0) is 26.3 Å². The molecule has 3 aromatic rings. The highest BCUT2D eigenvalue weighted by molar-refractivity contribution is 6.03. The molecule has 174 valence electrons. The van der Waals surface area contributed by atoms with E-state index >= 15 is 0 Å². The number of hydrogen-bond acceptors (Lipinski definition) is 7. The van der Waals surface area contributed by atoms with Gasteiger partial charge in [0.25, 0.3) is 6.47 Å². The number of pyridine rings is 2. The predicted molar refractivity (Wildman–Crippen MR) is 120 cm³/mol. The largest absolute Gasteiger partial charge is 0.483 e. The molecule has 5 heterocycles. The first-order valence-electron chi connectivity index (χ1n) is 10.6. The first-order chi connectivity index (χ1) is 15.9. The molecule has 0 unspecified atom stereocenters. The Hall–Kier alpha value is -3.80. The maximum atomic E-state index is 14.4. The number of hydrogen-bond donors (Lipinski definition) is 3. The van der Waals surface area contributed by atoms with Gasteiger partial charge in [-0.2, -0.15) is 5.10 Å². The SMILES string of the molecule is C[C@@H]1CN(c2ccnc3c2CCN3C(=O)Nc2cn3ncnc3cc2F)C[C@H](C)N1.O=CO. The molecule has 0 saturated carbocycles. The number of urea groups is 1. The van der Waals surface area contributed by atoms with Crippen LogP contribution < -0.4 is 20.4 Å². The van der Waals surface area contributed by atoms with Crippen molar-refractivity contribution in [1.82, 2.24) is 24.9 Å². The van der Waals surface area contributed by atoms with Crippen LogP contribution in [0.15, 0.2) is 30.9 Å². The summed E-state index contributed by atoms with van der Waals surface area (Å²) in [5.74, 6) is 0.0693. The number of piperazine rings is 1. The summed E-state index contributed by atoms with van der Waals surface area (Å²) in [6.45, 7) is 6.39. The van der Waals surface area contributed by atoms with E-state index in [2.05, 4.69) is 44.4 Å². The van der Waals surface area contributed by atoms with E-state index in [0.717, 1.165) is 24.3 Å². The van der Waals surface area contributed by atoms with Gasteiger partial charge >= 0.3 is 6.03 Å². The van der Waals surface area contributed by atoms with E-state index in [-0.39, 0.29) is 12.2 Å². The Morgan fingerprint density at radius 3 is 2.76 bits per heavy atom. The average Bonchev–Trinajstić information content (AvgIpc) is 3.40. The molecule has 0 aromatic carbocycles. The number of carbonyl (C=O) groups is 2. The topological polar surface area (TPSA) is 128 Å². The second-order valence-corrected chi connectivity index (χ2v) is 8.04. The summed E-state index contributed by atoms with van der Waals surface area (Å²) in [5.41, 5.74) is 2.60. The number of aromatic nitrogens is 4. The molecular weight excluding hydrogens is 431 g/mol. The molecule has 0 aliphatic carbocycles. The molecule has 0 spiro atoms. The fraction of sp³-hybridized carbons (Fsp3) is 0.381. The Kier molecular flexibility index (Phi) is 6.36. The molecule has 0 radical (unpaired) electrons. The highest BCUT2D eigenvalue weighted by Crippen LogP contribution is 2.35. The molecule has 2 atom stereocenters. The standard InChI is InChI=1S/C20H23FN8O.CH2O2/c1-12-8-27(9-13(2)25-12)17-3-5-22-19-14(17)4-6-28(19)20(30)26-16-10-29-18(7-15(16)21)23-11-24-29;2-1-3/h3,5,7,10-13,25H,4,6,8-9H2,1-2H3,(H,26,30);1H,(H,2,3)/t12-,13+;. The van der Waals surface area contributed by atoms with Gasteiger partial charge in [0, 0.05) is 55.2 Å². The van der Waals surface area contributed by atoms with Gasteiger partial charge in [-0.25, -0.2) is 23.7 Å². The van der Waals surface area contributed by atoms with Crippen LogP contribution in [0.25, 0.3) is 5.65 Å². The molecule has 2 amide bonds. The lowest BCUT2D eigenvalue weighted by molar-refractivity contribution is -0.122. The minimum atomic E-state index is -0.561. The Labute approximate surface area is 189 Å². The maximum absolute atomic E-state index is 14.4. The van der Waals surface area contributed by atoms with Crippen LogP contribution in [-0.2, 0) is 11.2 Å². The number of carboxylic acid groups (broad SMARTS) is 1. The van der Waals surface area contributed by atoms with Gasteiger partial charge in [0.1, 0.15) is 12.1 Å². The van der Waals surface area contributed by atoms with Crippen molar-refractivity contribution in [3.63, 3.8) is 0 Å². The van der Waals surface area contributed by atoms with E-state index < -0.39 is 11.8 Å². The minimum absolute atomic E-state index is 0.0485. The number of nitrogens with zero attached hydrogens (tertiary/aromatic N) is 6. The molecule has 12 heteroatoms. The summed E-state index contributed by atoms with van der Waals surface area (Å²) in [6.07, 6.45) is 5.20. The number of anilines is 3. The molecule has 0 bridgehead atoms. The van der Waals surface area contributed by atoms with Crippen LogP contribution >= 0.6 is 0 Å². The zero-order chi connectivity index (χ0) is 23.5. The molecule has 3 N–H and O–H groups in total. The van der Waals surface area contributed by atoms with Gasteiger partial charge in [-0.1, -0.05) is 0 Å². The highest BCUT2D eigenvalue weighted by Gasteiger charge is 2.31. The smallest absolute Gasteiger partial charge is 0.327 e. The van der Waals surface area contributed by atoms with E-state index in [1.807, 2.05) is 6.07 Å². The molecule has 11 nitrogen and oxygen atoms in total. The minimum Gasteiger partial charge on any atom is -0.483 e. The van der Waals surface area contributed by atoms with Crippen LogP contribution in [-0.4, -0.2) is 68.9 Å². The Bertz CT molecular complexity index is 1160. The average molecular weight is 456 g/mol. The fourth-order valence-corrected chi connectivity index (χ4v) is 4.40. The lowest BCUT2D eigenvalue weighted by Gasteiger charge is -2.38. The number of amides is 2. The second kappa shape index (κ2) is 9.36. The van der Waals surface area contributed by atoms with E-state index in [0.29, 0.717) is 36.5 Å². The molecule has 1 saturated heterocycles. The van der Waals surface area contributed by atoms with Crippen molar-refractivity contribution >= 4 is 35.3 Å². The van der Waals surface area contributed by atoms with Crippen molar-refractivity contribution in [3.05, 3.63) is 42.2 Å². The van der Waals surface area contributed by atoms with E-state index in [1.54, 1.807) is 11.1 Å². The third kappa shape index (κ3) is 4.55. The Morgan fingerprint density at radius 2 is 2.03 bits per heavy atom. The van der Waals surface area contributed by atoms with Gasteiger partial charge in [-0.15, -0.1) is 0 Å². The number of carbonyl (C=O) groups excluding carboxylic acids is 1. The van der Waals surface area contributed by atoms with E-state index in [9.17, 15) is 9.18 Å². The van der Waals surface area contributed by atoms with Crippen molar-refractivity contribution in [2.45, 2.75) is 32.4 Å². The lowest BCUT2D eigenvalue weighted by atomic mass is 10.1. The van der Waals surface area contributed by atoms with Gasteiger partial charge in [0.2, 0.25) is 0 Å². The summed E-state index contributed by atoms with van der Waals surface area (Å²) < 4.78 is 15.8. The number of fused-ring (bicyclic) bond motifs is 2. The van der Waals surface area contributed by atoms with Crippen LogP contribution in [0.3, 0.4) is 0 Å². The second-order valence-electron chi connectivity index (χ2n) is 8.04. The first kappa shape index (κ1) is 22.4. The molecule has 1 fully saturated rings. The molecule has 2 aliphatic heterocycles. The predicted octanol–water partition coefficient (Wildman–Crippen LogP) is 1.75. The van der Waals surface area contributed by atoms with Crippen molar-refractivity contribution < 1.29 is 19.1 Å². The van der Waals surface area contributed by atoms with Gasteiger partial charge in [-0.3, -0.25) is 9.69 Å². The summed E-state index contributed by atoms with van der Waals surface area (Å²) in [7, 11) is 0. The summed E-state index contributed by atoms with van der Waals surface area (Å²) in [6, 6.07) is 3.60. The maximum Gasteiger partial charge on any atom is 0.327 e. The molecule has 3 aromatic heterocycles. The Morgan fingerprint density at radius 1 is 1.30 bits per heavy atom. The zero-order valence-corrected chi connectivity index (χ0v) is 18.3. The van der Waals surface area contributed by atoms with Crippen LogP contribution in [0, 0.1) is 5.82 Å². The Balaban J connectivity index is 0.000000821. The normalized spacial score (nSPS) is 19.6.